The zero-order chi connectivity index (χ0) is 38.2. The summed E-state index contributed by atoms with van der Waals surface area (Å²) in [6.07, 6.45) is 1.90. The average Bonchev–Trinajstić information content (AvgIpc) is 3.54. The van der Waals surface area contributed by atoms with E-state index in [0.717, 1.165) is 4.57 Å². The SMILES string of the molecule is COc1cc2nc(CCn3c(=O)n4n(c3=O)[C@@H]3C[C@H]5C(=O)N(c6ccccc6)C(=O)[C@@]5(C)[C@@H](c5ccc(O)cc5OC)C3=CC4)c(=O)n(C)c2cc1OC. The molecule has 8 rings (SSSR count). The molecule has 0 unspecified atom stereocenters. The number of fused-ring (bicyclic) bond motifs is 5. The molecule has 1 saturated heterocycles. The predicted molar refractivity (Wildman–Crippen MR) is 196 cm³/mol. The van der Waals surface area contributed by atoms with Crippen LogP contribution in [0.25, 0.3) is 11.0 Å². The van der Waals surface area contributed by atoms with Crippen molar-refractivity contribution in [3.63, 3.8) is 0 Å². The maximum absolute atomic E-state index is 14.6. The number of aryl methyl sites for hydroxylation is 2. The van der Waals surface area contributed by atoms with Gasteiger partial charge in [0.2, 0.25) is 11.8 Å². The molecule has 2 aromatic heterocycles. The second kappa shape index (κ2) is 12.6. The molecule has 2 fully saturated rings. The molecular weight excluding hydrogens is 696 g/mol. The number of amides is 2. The second-order valence-electron chi connectivity index (χ2n) is 14.0. The number of allylic oxidation sites excluding steroid dienone is 2. The molecule has 2 amide bonds. The first-order valence-electron chi connectivity index (χ1n) is 17.5. The van der Waals surface area contributed by atoms with Crippen LogP contribution < -0.4 is 36.0 Å². The van der Waals surface area contributed by atoms with E-state index in [-0.39, 0.29) is 42.9 Å². The van der Waals surface area contributed by atoms with Crippen molar-refractivity contribution >= 4 is 28.5 Å². The lowest BCUT2D eigenvalue weighted by atomic mass is 9.56. The van der Waals surface area contributed by atoms with Crippen molar-refractivity contribution in [2.45, 2.75) is 44.8 Å². The molecule has 1 aliphatic carbocycles. The van der Waals surface area contributed by atoms with Crippen LogP contribution >= 0.6 is 0 Å². The van der Waals surface area contributed by atoms with Gasteiger partial charge in [0.15, 0.2) is 11.5 Å². The van der Waals surface area contributed by atoms with E-state index < -0.39 is 46.5 Å². The van der Waals surface area contributed by atoms with Gasteiger partial charge in [-0.3, -0.25) is 14.4 Å². The number of imide groups is 1. The molecule has 4 heterocycles. The molecule has 5 aromatic rings. The van der Waals surface area contributed by atoms with Gasteiger partial charge in [-0.15, -0.1) is 0 Å². The molecule has 15 heteroatoms. The summed E-state index contributed by atoms with van der Waals surface area (Å²) in [7, 11) is 6.06. The summed E-state index contributed by atoms with van der Waals surface area (Å²) < 4.78 is 21.8. The van der Waals surface area contributed by atoms with Gasteiger partial charge in [0.1, 0.15) is 17.2 Å². The van der Waals surface area contributed by atoms with Crippen LogP contribution in [0.2, 0.25) is 0 Å². The number of rotatable bonds is 8. The molecule has 0 spiro atoms. The number of phenolic OH excluding ortho intramolecular Hbond substituents is 1. The number of aromatic hydroxyl groups is 1. The Morgan fingerprint density at radius 3 is 2.30 bits per heavy atom. The van der Waals surface area contributed by atoms with Crippen molar-refractivity contribution in [3.8, 4) is 23.0 Å². The minimum Gasteiger partial charge on any atom is -0.508 e. The number of ether oxygens (including phenoxy) is 3. The fourth-order valence-electron chi connectivity index (χ4n) is 8.71. The first-order valence-corrected chi connectivity index (χ1v) is 17.5. The number of methoxy groups -OCH3 is 3. The minimum atomic E-state index is -1.30. The summed E-state index contributed by atoms with van der Waals surface area (Å²) in [5.41, 5.74) is -0.0615. The normalized spacial score (nSPS) is 21.8. The largest absolute Gasteiger partial charge is 0.508 e. The van der Waals surface area contributed by atoms with E-state index >= 15 is 0 Å². The van der Waals surface area contributed by atoms with Crippen LogP contribution in [0.4, 0.5) is 5.69 Å². The highest BCUT2D eigenvalue weighted by molar-refractivity contribution is 6.24. The van der Waals surface area contributed by atoms with Crippen LogP contribution in [0.15, 0.2) is 86.7 Å². The van der Waals surface area contributed by atoms with Crippen LogP contribution in [-0.2, 0) is 36.1 Å². The van der Waals surface area contributed by atoms with Crippen molar-refractivity contribution in [2.75, 3.05) is 26.2 Å². The monoisotopic (exact) mass is 734 g/mol. The number of phenols is 1. The first-order chi connectivity index (χ1) is 25.9. The van der Waals surface area contributed by atoms with Gasteiger partial charge in [0, 0.05) is 49.7 Å². The van der Waals surface area contributed by atoms with E-state index in [4.69, 9.17) is 14.2 Å². The van der Waals surface area contributed by atoms with Gasteiger partial charge in [-0.2, -0.15) is 0 Å². The summed E-state index contributed by atoms with van der Waals surface area (Å²) in [5, 5.41) is 10.4. The topological polar surface area (TPSA) is 169 Å². The number of hydrogen-bond acceptors (Lipinski definition) is 10. The first kappa shape index (κ1) is 34.7. The molecule has 0 bridgehead atoms. The Balaban J connectivity index is 1.22. The van der Waals surface area contributed by atoms with Crippen LogP contribution in [-0.4, -0.2) is 61.7 Å². The van der Waals surface area contributed by atoms with Gasteiger partial charge in [0.25, 0.3) is 5.56 Å². The minimum absolute atomic E-state index is 0.0197. The Hall–Kier alpha value is -6.38. The summed E-state index contributed by atoms with van der Waals surface area (Å²) in [6, 6.07) is 15.9. The molecule has 54 heavy (non-hydrogen) atoms. The lowest BCUT2D eigenvalue weighted by molar-refractivity contribution is -0.129. The van der Waals surface area contributed by atoms with E-state index in [1.807, 2.05) is 6.08 Å². The third kappa shape index (κ3) is 4.87. The Kier molecular flexibility index (Phi) is 8.12. The third-order valence-electron chi connectivity index (χ3n) is 11.4. The number of para-hydroxylation sites is 1. The van der Waals surface area contributed by atoms with Crippen LogP contribution in [0.1, 0.15) is 36.6 Å². The fraction of sp³-hybridized carbons (Fsp3) is 0.333. The highest BCUT2D eigenvalue weighted by Gasteiger charge is 2.65. The number of carbonyl (C=O) groups excluding carboxylic acids is 2. The highest BCUT2D eigenvalue weighted by atomic mass is 16.5. The molecule has 4 atom stereocenters. The molecule has 0 radical (unpaired) electrons. The van der Waals surface area contributed by atoms with E-state index in [0.29, 0.717) is 45.1 Å². The molecule has 3 aliphatic rings. The Morgan fingerprint density at radius 2 is 1.59 bits per heavy atom. The summed E-state index contributed by atoms with van der Waals surface area (Å²) in [4.78, 5) is 76.5. The van der Waals surface area contributed by atoms with E-state index in [1.54, 1.807) is 62.5 Å². The number of benzene rings is 3. The molecule has 15 nitrogen and oxygen atoms in total. The third-order valence-corrected chi connectivity index (χ3v) is 11.4. The van der Waals surface area contributed by atoms with E-state index in [9.17, 15) is 29.1 Å². The second-order valence-corrected chi connectivity index (χ2v) is 14.0. The van der Waals surface area contributed by atoms with E-state index in [1.165, 1.54) is 52.3 Å². The van der Waals surface area contributed by atoms with Gasteiger partial charge in [-0.1, -0.05) is 30.3 Å². The number of nitrogens with zero attached hydrogens (tertiary/aromatic N) is 6. The molecule has 278 valence electrons. The quantitative estimate of drug-likeness (QED) is 0.185. The van der Waals surface area contributed by atoms with Crippen LogP contribution in [0.3, 0.4) is 0 Å². The number of carbonyl (C=O) groups is 2. The van der Waals surface area contributed by atoms with Gasteiger partial charge in [0.05, 0.1) is 62.0 Å². The molecule has 2 aliphatic heterocycles. The summed E-state index contributed by atoms with van der Waals surface area (Å²) in [5.74, 6) is -1.30. The summed E-state index contributed by atoms with van der Waals surface area (Å²) in [6.45, 7) is 1.66. The Labute approximate surface area is 307 Å². The maximum atomic E-state index is 14.6. The fourth-order valence-corrected chi connectivity index (χ4v) is 8.71. The smallest absolute Gasteiger partial charge is 0.347 e. The highest BCUT2D eigenvalue weighted by Crippen LogP contribution is 2.62. The van der Waals surface area contributed by atoms with E-state index in [2.05, 4.69) is 4.98 Å². The van der Waals surface area contributed by atoms with Gasteiger partial charge in [-0.05, 0) is 37.1 Å². The number of aromatic nitrogens is 5. The molecular formula is C39H38N6O9. The van der Waals surface area contributed by atoms with Crippen molar-refractivity contribution in [1.82, 2.24) is 23.5 Å². The average molecular weight is 735 g/mol. The Bertz CT molecular complexity index is 2600. The van der Waals surface area contributed by atoms with Gasteiger partial charge in [-0.25, -0.2) is 33.4 Å². The maximum Gasteiger partial charge on any atom is 0.347 e. The Morgan fingerprint density at radius 1 is 0.889 bits per heavy atom. The van der Waals surface area contributed by atoms with Crippen LogP contribution in [0, 0.1) is 11.3 Å². The van der Waals surface area contributed by atoms with Crippen molar-refractivity contribution < 1.29 is 28.9 Å². The predicted octanol–water partition coefficient (Wildman–Crippen LogP) is 2.90. The zero-order valence-electron chi connectivity index (χ0n) is 30.3. The zero-order valence-corrected chi connectivity index (χ0v) is 30.3. The molecule has 1 N–H and O–H groups in total. The standard InChI is InChI=1S/C39H38N6O9/c1-39-25(34(47)44(36(39)49)21-9-7-6-8-10-21)18-28-23(33(39)24-12-11-22(46)17-30(24)52-3)13-16-43-37(50)42(38(51)45(28)43)15-14-26-35(48)41(2)29-20-32(54-5)31(53-4)19-27(29)40-26/h6-13,17,19-20,25,28,33,46H,14-16,18H2,1-5H3/t25-,28+,33+,39+/m0/s1. The lowest BCUT2D eigenvalue weighted by Gasteiger charge is -2.47. The van der Waals surface area contributed by atoms with Gasteiger partial charge >= 0.3 is 11.4 Å². The van der Waals surface area contributed by atoms with Crippen molar-refractivity contribution in [2.24, 2.45) is 18.4 Å². The molecule has 1 saturated carbocycles. The van der Waals surface area contributed by atoms with Crippen molar-refractivity contribution in [1.29, 1.82) is 0 Å². The van der Waals surface area contributed by atoms with Gasteiger partial charge < -0.3 is 23.9 Å². The van der Waals surface area contributed by atoms with Crippen molar-refractivity contribution in [3.05, 3.63) is 115 Å². The molecule has 3 aromatic carbocycles. The van der Waals surface area contributed by atoms with Crippen LogP contribution in [0.5, 0.6) is 23.0 Å². The number of anilines is 1. The lowest BCUT2D eigenvalue weighted by Crippen LogP contribution is -2.49. The number of hydrogen-bond donors (Lipinski definition) is 1. The summed E-state index contributed by atoms with van der Waals surface area (Å²) >= 11 is 0.